The van der Waals surface area contributed by atoms with Gasteiger partial charge in [0.25, 0.3) is 0 Å². The Balaban J connectivity index is 2.60. The molecule has 0 bridgehead atoms. The van der Waals surface area contributed by atoms with E-state index in [1.807, 2.05) is 23.5 Å². The molecule has 0 fully saturated rings. The van der Waals surface area contributed by atoms with Gasteiger partial charge in [-0.2, -0.15) is 23.5 Å². The number of thioether (sulfide) groups is 2. The summed E-state index contributed by atoms with van der Waals surface area (Å²) in [6.07, 6.45) is 0. The van der Waals surface area contributed by atoms with Gasteiger partial charge in [0.1, 0.15) is 0 Å². The zero-order chi connectivity index (χ0) is 6.95. The van der Waals surface area contributed by atoms with Crippen LogP contribution in [-0.4, -0.2) is 34.7 Å². The molecule has 0 saturated heterocycles. The molecule has 0 aliphatic carbocycles. The third-order valence-electron chi connectivity index (χ3n) is 0.812. The van der Waals surface area contributed by atoms with Gasteiger partial charge < -0.3 is 5.11 Å². The molecule has 0 radical (unpaired) electrons. The first-order valence-electron chi connectivity index (χ1n) is 3.18. The van der Waals surface area contributed by atoms with Gasteiger partial charge >= 0.3 is 0 Å². The fourth-order valence-electron chi connectivity index (χ4n) is 0.429. The summed E-state index contributed by atoms with van der Waals surface area (Å²) in [5.41, 5.74) is 0. The Hall–Kier alpha value is 0.660. The number of hydrogen-bond acceptors (Lipinski definition) is 3. The first kappa shape index (κ1) is 9.66. The molecule has 0 aliphatic rings. The van der Waals surface area contributed by atoms with Gasteiger partial charge in [0.05, 0.1) is 6.61 Å². The van der Waals surface area contributed by atoms with Crippen LogP contribution in [0.25, 0.3) is 0 Å². The van der Waals surface area contributed by atoms with Crippen molar-refractivity contribution in [2.75, 3.05) is 29.6 Å². The van der Waals surface area contributed by atoms with Crippen LogP contribution >= 0.6 is 23.5 Å². The second kappa shape index (κ2) is 8.66. The molecule has 3 heteroatoms. The number of rotatable bonds is 6. The molecule has 56 valence electrons. The van der Waals surface area contributed by atoms with Gasteiger partial charge in [-0.3, -0.25) is 0 Å². The van der Waals surface area contributed by atoms with Gasteiger partial charge in [-0.15, -0.1) is 0 Å². The summed E-state index contributed by atoms with van der Waals surface area (Å²) >= 11 is 3.78. The van der Waals surface area contributed by atoms with Crippen LogP contribution in [0.2, 0.25) is 0 Å². The highest BCUT2D eigenvalue weighted by Crippen LogP contribution is 2.04. The summed E-state index contributed by atoms with van der Waals surface area (Å²) in [6, 6.07) is 0. The monoisotopic (exact) mass is 166 g/mol. The SMILES string of the molecule is CCSCCSCCO. The Morgan fingerprint density at radius 3 is 2.33 bits per heavy atom. The molecule has 0 spiro atoms. The standard InChI is InChI=1S/C6H14OS2/c1-2-8-5-6-9-4-3-7/h7H,2-6H2,1H3. The van der Waals surface area contributed by atoms with Crippen molar-refractivity contribution in [1.29, 1.82) is 0 Å². The third kappa shape index (κ3) is 8.66. The van der Waals surface area contributed by atoms with Crippen LogP contribution in [0, 0.1) is 0 Å². The molecule has 9 heavy (non-hydrogen) atoms. The predicted molar refractivity (Wildman–Crippen MR) is 47.4 cm³/mol. The number of aliphatic hydroxyl groups excluding tert-OH is 1. The largest absolute Gasteiger partial charge is 0.396 e. The molecule has 0 rings (SSSR count). The highest BCUT2D eigenvalue weighted by molar-refractivity contribution is 8.02. The zero-order valence-electron chi connectivity index (χ0n) is 5.80. The van der Waals surface area contributed by atoms with Gasteiger partial charge in [0, 0.05) is 17.3 Å². The van der Waals surface area contributed by atoms with Crippen LogP contribution < -0.4 is 0 Å². The summed E-state index contributed by atoms with van der Waals surface area (Å²) < 4.78 is 0. The van der Waals surface area contributed by atoms with Crippen molar-refractivity contribution in [3.05, 3.63) is 0 Å². The van der Waals surface area contributed by atoms with Crippen LogP contribution in [-0.2, 0) is 0 Å². The zero-order valence-corrected chi connectivity index (χ0v) is 7.43. The topological polar surface area (TPSA) is 20.2 Å². The highest BCUT2D eigenvalue weighted by Gasteiger charge is 1.86. The van der Waals surface area contributed by atoms with Crippen LogP contribution in [0.3, 0.4) is 0 Å². The summed E-state index contributed by atoms with van der Waals surface area (Å²) in [6.45, 7) is 2.49. The Bertz CT molecular complexity index is 44.3. The van der Waals surface area contributed by atoms with E-state index in [1.165, 1.54) is 17.3 Å². The number of hydrogen-bond donors (Lipinski definition) is 1. The van der Waals surface area contributed by atoms with Gasteiger partial charge in [-0.05, 0) is 5.75 Å². The van der Waals surface area contributed by atoms with Crippen LogP contribution in [0.1, 0.15) is 6.92 Å². The second-order valence-electron chi connectivity index (χ2n) is 1.53. The van der Waals surface area contributed by atoms with Crippen molar-refractivity contribution < 1.29 is 5.11 Å². The van der Waals surface area contributed by atoms with Crippen molar-refractivity contribution >= 4 is 23.5 Å². The predicted octanol–water partition coefficient (Wildman–Crippen LogP) is 1.46. The van der Waals surface area contributed by atoms with E-state index in [-0.39, 0.29) is 0 Å². The Morgan fingerprint density at radius 2 is 1.78 bits per heavy atom. The Morgan fingerprint density at radius 1 is 1.11 bits per heavy atom. The molecular weight excluding hydrogens is 152 g/mol. The third-order valence-corrected chi connectivity index (χ3v) is 2.94. The maximum atomic E-state index is 8.40. The van der Waals surface area contributed by atoms with Crippen molar-refractivity contribution in [3.8, 4) is 0 Å². The normalized spacial score (nSPS) is 10.0. The van der Waals surface area contributed by atoms with Crippen molar-refractivity contribution in [2.45, 2.75) is 6.92 Å². The second-order valence-corrected chi connectivity index (χ2v) is 4.15. The minimum atomic E-state index is 0.321. The quantitative estimate of drug-likeness (QED) is 0.603. The molecule has 0 heterocycles. The molecular formula is C6H14OS2. The van der Waals surface area contributed by atoms with Crippen molar-refractivity contribution in [2.24, 2.45) is 0 Å². The van der Waals surface area contributed by atoms with Gasteiger partial charge in [-0.1, -0.05) is 6.92 Å². The molecule has 0 aromatic rings. The average molecular weight is 166 g/mol. The maximum absolute atomic E-state index is 8.40. The van der Waals surface area contributed by atoms with E-state index in [2.05, 4.69) is 6.92 Å². The summed E-state index contributed by atoms with van der Waals surface area (Å²) in [7, 11) is 0. The van der Waals surface area contributed by atoms with E-state index in [0.29, 0.717) is 6.61 Å². The summed E-state index contributed by atoms with van der Waals surface area (Å²) in [5.74, 6) is 4.50. The molecule has 0 aromatic carbocycles. The van der Waals surface area contributed by atoms with Crippen LogP contribution in [0.15, 0.2) is 0 Å². The minimum absolute atomic E-state index is 0.321. The molecule has 0 aliphatic heterocycles. The summed E-state index contributed by atoms with van der Waals surface area (Å²) in [4.78, 5) is 0. The van der Waals surface area contributed by atoms with E-state index in [1.54, 1.807) is 0 Å². The first-order chi connectivity index (χ1) is 4.41. The van der Waals surface area contributed by atoms with Crippen LogP contribution in [0.4, 0.5) is 0 Å². The van der Waals surface area contributed by atoms with E-state index < -0.39 is 0 Å². The fourth-order valence-corrected chi connectivity index (χ4v) is 1.99. The minimum Gasteiger partial charge on any atom is -0.396 e. The lowest BCUT2D eigenvalue weighted by molar-refractivity contribution is 0.322. The molecule has 1 N–H and O–H groups in total. The summed E-state index contributed by atoms with van der Waals surface area (Å²) in [5, 5.41) is 8.40. The van der Waals surface area contributed by atoms with Gasteiger partial charge in [0.2, 0.25) is 0 Å². The van der Waals surface area contributed by atoms with E-state index in [9.17, 15) is 0 Å². The molecule has 0 saturated carbocycles. The average Bonchev–Trinajstić information content (AvgIpc) is 1.89. The molecule has 1 nitrogen and oxygen atoms in total. The molecule has 0 amide bonds. The van der Waals surface area contributed by atoms with E-state index in [0.717, 1.165) is 5.75 Å². The first-order valence-corrected chi connectivity index (χ1v) is 5.49. The van der Waals surface area contributed by atoms with Gasteiger partial charge in [0.15, 0.2) is 0 Å². The Labute approximate surface area is 65.6 Å². The van der Waals surface area contributed by atoms with Gasteiger partial charge in [-0.25, -0.2) is 0 Å². The Kier molecular flexibility index (Phi) is 9.30. The lowest BCUT2D eigenvalue weighted by Gasteiger charge is -1.96. The maximum Gasteiger partial charge on any atom is 0.0521 e. The van der Waals surface area contributed by atoms with Crippen molar-refractivity contribution in [3.63, 3.8) is 0 Å². The fraction of sp³-hybridized carbons (Fsp3) is 1.00. The molecule has 0 atom stereocenters. The highest BCUT2D eigenvalue weighted by atomic mass is 32.2. The number of aliphatic hydroxyl groups is 1. The lowest BCUT2D eigenvalue weighted by Crippen LogP contribution is -1.90. The van der Waals surface area contributed by atoms with Crippen molar-refractivity contribution in [1.82, 2.24) is 0 Å². The lowest BCUT2D eigenvalue weighted by atomic mass is 10.9. The smallest absolute Gasteiger partial charge is 0.0521 e. The van der Waals surface area contributed by atoms with Crippen LogP contribution in [0.5, 0.6) is 0 Å². The molecule has 0 aromatic heterocycles. The van der Waals surface area contributed by atoms with E-state index in [4.69, 9.17) is 5.11 Å². The van der Waals surface area contributed by atoms with E-state index >= 15 is 0 Å². The molecule has 0 unspecified atom stereocenters.